The maximum atomic E-state index is 12.2. The highest BCUT2D eigenvalue weighted by atomic mass is 127. The number of halogens is 1. The van der Waals surface area contributed by atoms with Gasteiger partial charge in [0.2, 0.25) is 0 Å². The maximum Gasteiger partial charge on any atom is 0.293 e. The van der Waals surface area contributed by atoms with E-state index >= 15 is 0 Å². The second-order valence-electron chi connectivity index (χ2n) is 6.35. The number of hydrogen-bond donors (Lipinski definition) is 1. The number of aliphatic imine (C=N–C) groups is 1. The molecule has 1 aliphatic rings. The molecule has 0 spiro atoms. The Kier molecular flexibility index (Phi) is 7.80. The van der Waals surface area contributed by atoms with Crippen molar-refractivity contribution in [2.75, 3.05) is 38.1 Å². The Morgan fingerprint density at radius 2 is 1.93 bits per heavy atom. The van der Waals surface area contributed by atoms with Crippen LogP contribution in [0, 0.1) is 11.3 Å². The summed E-state index contributed by atoms with van der Waals surface area (Å²) in [4.78, 5) is 25.0. The molecular formula is C19H24IN7O. The van der Waals surface area contributed by atoms with E-state index in [1.54, 1.807) is 31.1 Å². The monoisotopic (exact) mass is 493 g/mol. The Morgan fingerprint density at radius 1 is 1.25 bits per heavy atom. The molecule has 0 radical (unpaired) electrons. The number of guanidine groups is 1. The van der Waals surface area contributed by atoms with E-state index in [2.05, 4.69) is 26.3 Å². The fraction of sp³-hybridized carbons (Fsp3) is 0.368. The summed E-state index contributed by atoms with van der Waals surface area (Å²) in [5, 5.41) is 12.2. The average molecular weight is 493 g/mol. The molecule has 9 heteroatoms. The Morgan fingerprint density at radius 3 is 2.54 bits per heavy atom. The van der Waals surface area contributed by atoms with Crippen LogP contribution in [0.1, 0.15) is 11.1 Å². The van der Waals surface area contributed by atoms with E-state index in [0.717, 1.165) is 24.6 Å². The Bertz CT molecular complexity index is 909. The van der Waals surface area contributed by atoms with Crippen LogP contribution in [0.4, 0.5) is 5.82 Å². The summed E-state index contributed by atoms with van der Waals surface area (Å²) in [6.07, 6.45) is 3.32. The minimum absolute atomic E-state index is 0. The number of nitrogens with one attached hydrogen (secondary N) is 1. The van der Waals surface area contributed by atoms with Gasteiger partial charge in [-0.05, 0) is 17.7 Å². The molecule has 3 rings (SSSR count). The van der Waals surface area contributed by atoms with E-state index in [4.69, 9.17) is 5.26 Å². The number of aryl methyl sites for hydroxylation is 1. The van der Waals surface area contributed by atoms with Crippen LogP contribution >= 0.6 is 24.0 Å². The van der Waals surface area contributed by atoms with Gasteiger partial charge in [-0.15, -0.1) is 24.0 Å². The predicted octanol–water partition coefficient (Wildman–Crippen LogP) is 1.17. The van der Waals surface area contributed by atoms with E-state index in [1.165, 1.54) is 0 Å². The fourth-order valence-electron chi connectivity index (χ4n) is 3.04. The van der Waals surface area contributed by atoms with Crippen LogP contribution < -0.4 is 15.8 Å². The van der Waals surface area contributed by atoms with Gasteiger partial charge in [0.05, 0.1) is 11.6 Å². The van der Waals surface area contributed by atoms with Crippen LogP contribution in [0.15, 0.2) is 46.4 Å². The number of hydrogen-bond acceptors (Lipinski definition) is 5. The highest BCUT2D eigenvalue weighted by Gasteiger charge is 2.22. The minimum atomic E-state index is -0.0747. The van der Waals surface area contributed by atoms with Gasteiger partial charge in [0.15, 0.2) is 11.8 Å². The van der Waals surface area contributed by atoms with Crippen molar-refractivity contribution in [3.8, 4) is 6.07 Å². The number of piperazine rings is 1. The first-order valence-electron chi connectivity index (χ1n) is 8.83. The van der Waals surface area contributed by atoms with Gasteiger partial charge in [0.1, 0.15) is 0 Å². The molecule has 0 atom stereocenters. The molecule has 1 aliphatic heterocycles. The molecule has 1 saturated heterocycles. The van der Waals surface area contributed by atoms with Crippen molar-refractivity contribution in [3.63, 3.8) is 0 Å². The standard InChI is InChI=1S/C19H23N7O.HI/c1-21-19(23-14-16-5-3-15(13-20)4-6-16)26-11-9-25(10-12-26)17-18(27)24(2)8-7-22-17;/h3-8H,9-12,14H2,1-2H3,(H,21,23);1H. The third-order valence-corrected chi connectivity index (χ3v) is 4.62. The summed E-state index contributed by atoms with van der Waals surface area (Å²) in [5.74, 6) is 1.33. The summed E-state index contributed by atoms with van der Waals surface area (Å²) in [6.45, 7) is 3.58. The zero-order chi connectivity index (χ0) is 19.2. The first-order chi connectivity index (χ1) is 13.1. The Labute approximate surface area is 181 Å². The molecular weight excluding hydrogens is 469 g/mol. The summed E-state index contributed by atoms with van der Waals surface area (Å²) in [7, 11) is 3.50. The first-order valence-corrected chi connectivity index (χ1v) is 8.83. The molecule has 2 aromatic rings. The quantitative estimate of drug-likeness (QED) is 0.393. The normalized spacial score (nSPS) is 14.2. The zero-order valence-electron chi connectivity index (χ0n) is 16.0. The lowest BCUT2D eigenvalue weighted by molar-refractivity contribution is 0.370. The summed E-state index contributed by atoms with van der Waals surface area (Å²) >= 11 is 0. The van der Waals surface area contributed by atoms with Gasteiger partial charge >= 0.3 is 0 Å². The molecule has 0 saturated carbocycles. The van der Waals surface area contributed by atoms with Crippen molar-refractivity contribution >= 4 is 35.8 Å². The third-order valence-electron chi connectivity index (χ3n) is 4.62. The lowest BCUT2D eigenvalue weighted by Crippen LogP contribution is -2.53. The van der Waals surface area contributed by atoms with Gasteiger partial charge in [-0.1, -0.05) is 12.1 Å². The van der Waals surface area contributed by atoms with E-state index in [1.807, 2.05) is 29.2 Å². The smallest absolute Gasteiger partial charge is 0.293 e. The molecule has 1 aromatic carbocycles. The largest absolute Gasteiger partial charge is 0.352 e. The Hall–Kier alpha value is -2.61. The molecule has 1 aromatic heterocycles. The van der Waals surface area contributed by atoms with Gasteiger partial charge in [-0.3, -0.25) is 9.79 Å². The molecule has 28 heavy (non-hydrogen) atoms. The number of nitriles is 1. The SMILES string of the molecule is CN=C(NCc1ccc(C#N)cc1)N1CCN(c2nccn(C)c2=O)CC1.I. The molecule has 0 bridgehead atoms. The van der Waals surface area contributed by atoms with Crippen LogP contribution in [-0.4, -0.2) is 53.6 Å². The lowest BCUT2D eigenvalue weighted by atomic mass is 10.1. The zero-order valence-corrected chi connectivity index (χ0v) is 18.3. The predicted molar refractivity (Wildman–Crippen MR) is 120 cm³/mol. The number of rotatable bonds is 3. The maximum absolute atomic E-state index is 12.2. The molecule has 1 fully saturated rings. The van der Waals surface area contributed by atoms with Crippen LogP contribution in [0.2, 0.25) is 0 Å². The van der Waals surface area contributed by atoms with Crippen LogP contribution in [0.3, 0.4) is 0 Å². The highest BCUT2D eigenvalue weighted by Crippen LogP contribution is 2.09. The van der Waals surface area contributed by atoms with Crippen LogP contribution in [-0.2, 0) is 13.6 Å². The van der Waals surface area contributed by atoms with Crippen molar-refractivity contribution in [1.29, 1.82) is 5.26 Å². The van der Waals surface area contributed by atoms with E-state index in [-0.39, 0.29) is 29.5 Å². The Balaban J connectivity index is 0.00000280. The second kappa shape index (κ2) is 10.1. The summed E-state index contributed by atoms with van der Waals surface area (Å²) < 4.78 is 1.55. The molecule has 8 nitrogen and oxygen atoms in total. The third kappa shape index (κ3) is 5.01. The van der Waals surface area contributed by atoms with E-state index < -0.39 is 0 Å². The van der Waals surface area contributed by atoms with Gasteiger partial charge < -0.3 is 19.7 Å². The fourth-order valence-corrected chi connectivity index (χ4v) is 3.04. The molecule has 0 amide bonds. The number of aromatic nitrogens is 2. The van der Waals surface area contributed by atoms with Crippen LogP contribution in [0.25, 0.3) is 0 Å². The van der Waals surface area contributed by atoms with Crippen molar-refractivity contribution in [2.24, 2.45) is 12.0 Å². The van der Waals surface area contributed by atoms with E-state index in [0.29, 0.717) is 31.0 Å². The van der Waals surface area contributed by atoms with Crippen molar-refractivity contribution in [3.05, 3.63) is 58.1 Å². The molecule has 148 valence electrons. The average Bonchev–Trinajstić information content (AvgIpc) is 2.71. The highest BCUT2D eigenvalue weighted by molar-refractivity contribution is 14.0. The summed E-state index contributed by atoms with van der Waals surface area (Å²) in [6, 6.07) is 9.62. The second-order valence-corrected chi connectivity index (χ2v) is 6.35. The van der Waals surface area contributed by atoms with Crippen LogP contribution in [0.5, 0.6) is 0 Å². The van der Waals surface area contributed by atoms with Gasteiger partial charge in [-0.2, -0.15) is 5.26 Å². The van der Waals surface area contributed by atoms with Gasteiger partial charge in [0.25, 0.3) is 5.56 Å². The van der Waals surface area contributed by atoms with E-state index in [9.17, 15) is 4.79 Å². The number of anilines is 1. The minimum Gasteiger partial charge on any atom is -0.352 e. The number of benzene rings is 1. The molecule has 1 N–H and O–H groups in total. The summed E-state index contributed by atoms with van der Waals surface area (Å²) in [5.41, 5.74) is 1.67. The first kappa shape index (κ1) is 21.7. The van der Waals surface area contributed by atoms with Crippen molar-refractivity contribution in [1.82, 2.24) is 19.8 Å². The van der Waals surface area contributed by atoms with Gasteiger partial charge in [0, 0.05) is 59.2 Å². The molecule has 0 unspecified atom stereocenters. The van der Waals surface area contributed by atoms with Crippen molar-refractivity contribution < 1.29 is 0 Å². The number of nitrogens with zero attached hydrogens (tertiary/aromatic N) is 6. The van der Waals surface area contributed by atoms with Gasteiger partial charge in [-0.25, -0.2) is 4.98 Å². The molecule has 2 heterocycles. The van der Waals surface area contributed by atoms with Crippen molar-refractivity contribution in [2.45, 2.75) is 6.54 Å². The molecule has 0 aliphatic carbocycles. The topological polar surface area (TPSA) is 89.6 Å². The lowest BCUT2D eigenvalue weighted by Gasteiger charge is -2.36.